The van der Waals surface area contributed by atoms with Gasteiger partial charge in [0.25, 0.3) is 0 Å². The Bertz CT molecular complexity index is 653. The molecular formula is C16H14F3NO. The number of ketones is 1. The average Bonchev–Trinajstić information content (AvgIpc) is 2.48. The molecule has 0 aliphatic heterocycles. The van der Waals surface area contributed by atoms with E-state index in [1.807, 2.05) is 19.1 Å². The van der Waals surface area contributed by atoms with Gasteiger partial charge in [-0.2, -0.15) is 0 Å². The molecule has 1 N–H and O–H groups in total. The van der Waals surface area contributed by atoms with Crippen LogP contribution in [0, 0.1) is 24.4 Å². The van der Waals surface area contributed by atoms with E-state index in [0.717, 1.165) is 17.7 Å². The van der Waals surface area contributed by atoms with E-state index < -0.39 is 17.5 Å². The van der Waals surface area contributed by atoms with Crippen LogP contribution in [0.25, 0.3) is 0 Å². The van der Waals surface area contributed by atoms with Gasteiger partial charge in [-0.1, -0.05) is 29.8 Å². The summed E-state index contributed by atoms with van der Waals surface area (Å²) < 4.78 is 39.2. The lowest BCUT2D eigenvalue weighted by Crippen LogP contribution is -2.10. The van der Waals surface area contributed by atoms with E-state index in [1.54, 1.807) is 12.1 Å². The molecule has 0 radical (unpaired) electrons. The zero-order valence-corrected chi connectivity index (χ0v) is 11.4. The van der Waals surface area contributed by atoms with Crippen LogP contribution in [0.15, 0.2) is 36.4 Å². The van der Waals surface area contributed by atoms with Gasteiger partial charge >= 0.3 is 0 Å². The first-order valence-electron chi connectivity index (χ1n) is 6.46. The molecule has 0 spiro atoms. The molecule has 0 unspecified atom stereocenters. The molecule has 110 valence electrons. The van der Waals surface area contributed by atoms with Crippen molar-refractivity contribution in [2.45, 2.75) is 13.3 Å². The minimum absolute atomic E-state index is 0.106. The van der Waals surface area contributed by atoms with E-state index in [2.05, 4.69) is 5.32 Å². The highest BCUT2D eigenvalue weighted by Crippen LogP contribution is 2.19. The van der Waals surface area contributed by atoms with Gasteiger partial charge in [-0.3, -0.25) is 4.79 Å². The maximum absolute atomic E-state index is 13.4. The average molecular weight is 293 g/mol. The molecule has 5 heteroatoms. The molecule has 0 amide bonds. The summed E-state index contributed by atoms with van der Waals surface area (Å²) in [7, 11) is 0. The standard InChI is InChI=1S/C16H14F3NO/c1-10-2-4-11(5-3-10)14(21)8-9-20-13-7-6-12(17)15(18)16(13)19/h2-7,20H,8-9H2,1H3. The fourth-order valence-electron chi connectivity index (χ4n) is 1.86. The third-order valence-corrected chi connectivity index (χ3v) is 3.08. The van der Waals surface area contributed by atoms with E-state index in [0.29, 0.717) is 5.56 Å². The zero-order chi connectivity index (χ0) is 15.4. The molecule has 0 saturated heterocycles. The Kier molecular flexibility index (Phi) is 4.62. The van der Waals surface area contributed by atoms with Crippen molar-refractivity contribution in [3.63, 3.8) is 0 Å². The van der Waals surface area contributed by atoms with Crippen LogP contribution in [0.4, 0.5) is 18.9 Å². The van der Waals surface area contributed by atoms with E-state index in [-0.39, 0.29) is 24.4 Å². The third kappa shape index (κ3) is 3.62. The predicted molar refractivity (Wildman–Crippen MR) is 74.9 cm³/mol. The van der Waals surface area contributed by atoms with Crippen LogP contribution < -0.4 is 5.32 Å². The van der Waals surface area contributed by atoms with Crippen LogP contribution in [-0.4, -0.2) is 12.3 Å². The molecule has 21 heavy (non-hydrogen) atoms. The van der Waals surface area contributed by atoms with Gasteiger partial charge in [0, 0.05) is 18.5 Å². The van der Waals surface area contributed by atoms with Crippen molar-refractivity contribution in [1.82, 2.24) is 0 Å². The maximum Gasteiger partial charge on any atom is 0.196 e. The Morgan fingerprint density at radius 2 is 1.67 bits per heavy atom. The molecule has 2 nitrogen and oxygen atoms in total. The molecule has 2 aromatic rings. The lowest BCUT2D eigenvalue weighted by atomic mass is 10.1. The van der Waals surface area contributed by atoms with Gasteiger partial charge in [0.15, 0.2) is 23.2 Å². The van der Waals surface area contributed by atoms with Gasteiger partial charge < -0.3 is 5.32 Å². The second kappa shape index (κ2) is 6.43. The van der Waals surface area contributed by atoms with Gasteiger partial charge in [-0.15, -0.1) is 0 Å². The highest BCUT2D eigenvalue weighted by atomic mass is 19.2. The van der Waals surface area contributed by atoms with Crippen molar-refractivity contribution in [3.8, 4) is 0 Å². The first kappa shape index (κ1) is 15.1. The molecule has 0 aliphatic carbocycles. The Morgan fingerprint density at radius 3 is 2.33 bits per heavy atom. The lowest BCUT2D eigenvalue weighted by molar-refractivity contribution is 0.0986. The van der Waals surface area contributed by atoms with Crippen LogP contribution in [0.1, 0.15) is 22.3 Å². The minimum atomic E-state index is -1.52. The summed E-state index contributed by atoms with van der Waals surface area (Å²) in [5, 5.41) is 2.59. The summed E-state index contributed by atoms with van der Waals surface area (Å²) in [4.78, 5) is 11.9. The number of benzene rings is 2. The number of carbonyl (C=O) groups excluding carboxylic acids is 1. The fourth-order valence-corrected chi connectivity index (χ4v) is 1.86. The minimum Gasteiger partial charge on any atom is -0.382 e. The molecule has 0 aromatic heterocycles. The Morgan fingerprint density at radius 1 is 1.00 bits per heavy atom. The first-order valence-corrected chi connectivity index (χ1v) is 6.46. The van der Waals surface area contributed by atoms with Crippen LogP contribution in [0.2, 0.25) is 0 Å². The smallest absolute Gasteiger partial charge is 0.196 e. The van der Waals surface area contributed by atoms with E-state index >= 15 is 0 Å². The summed E-state index contributed by atoms with van der Waals surface area (Å²) in [5.41, 5.74) is 1.45. The van der Waals surface area contributed by atoms with Crippen LogP contribution >= 0.6 is 0 Å². The van der Waals surface area contributed by atoms with Gasteiger partial charge in [0.05, 0.1) is 5.69 Å². The Labute approximate surface area is 120 Å². The highest BCUT2D eigenvalue weighted by molar-refractivity contribution is 5.96. The summed E-state index contributed by atoms with van der Waals surface area (Å²) in [6.07, 6.45) is 0.126. The van der Waals surface area contributed by atoms with E-state index in [1.165, 1.54) is 0 Å². The number of hydrogen-bond donors (Lipinski definition) is 1. The highest BCUT2D eigenvalue weighted by Gasteiger charge is 2.13. The molecule has 0 aliphatic rings. The summed E-state index contributed by atoms with van der Waals surface area (Å²) >= 11 is 0. The van der Waals surface area contributed by atoms with Crippen molar-refractivity contribution in [2.75, 3.05) is 11.9 Å². The summed E-state index contributed by atoms with van der Waals surface area (Å²) in [5.74, 6) is -4.15. The summed E-state index contributed by atoms with van der Waals surface area (Å²) in [6.45, 7) is 2.05. The van der Waals surface area contributed by atoms with E-state index in [9.17, 15) is 18.0 Å². The third-order valence-electron chi connectivity index (χ3n) is 3.08. The van der Waals surface area contributed by atoms with Crippen LogP contribution in [0.5, 0.6) is 0 Å². The quantitative estimate of drug-likeness (QED) is 0.664. The van der Waals surface area contributed by atoms with Crippen LogP contribution in [-0.2, 0) is 0 Å². The number of anilines is 1. The molecular weight excluding hydrogens is 279 g/mol. The lowest BCUT2D eigenvalue weighted by Gasteiger charge is -2.08. The summed E-state index contributed by atoms with van der Waals surface area (Å²) in [6, 6.07) is 9.03. The molecule has 0 fully saturated rings. The van der Waals surface area contributed by atoms with Crippen LogP contribution in [0.3, 0.4) is 0 Å². The Hall–Kier alpha value is -2.30. The van der Waals surface area contributed by atoms with Crippen molar-refractivity contribution >= 4 is 11.5 Å². The zero-order valence-electron chi connectivity index (χ0n) is 11.4. The SMILES string of the molecule is Cc1ccc(C(=O)CCNc2ccc(F)c(F)c2F)cc1. The molecule has 0 saturated carbocycles. The van der Waals surface area contributed by atoms with Gasteiger partial charge in [0.1, 0.15) is 0 Å². The number of halogens is 3. The first-order chi connectivity index (χ1) is 9.99. The van der Waals surface area contributed by atoms with Crippen molar-refractivity contribution in [3.05, 3.63) is 65.0 Å². The number of aryl methyl sites for hydroxylation is 1. The second-order valence-electron chi connectivity index (χ2n) is 4.69. The number of carbonyl (C=O) groups is 1. The number of nitrogens with one attached hydrogen (secondary N) is 1. The molecule has 0 heterocycles. The molecule has 2 rings (SSSR count). The van der Waals surface area contributed by atoms with E-state index in [4.69, 9.17) is 0 Å². The predicted octanol–water partition coefficient (Wildman–Crippen LogP) is 4.10. The van der Waals surface area contributed by atoms with Crippen molar-refractivity contribution in [1.29, 1.82) is 0 Å². The maximum atomic E-state index is 13.4. The number of hydrogen-bond acceptors (Lipinski definition) is 2. The van der Waals surface area contributed by atoms with Gasteiger partial charge in [-0.25, -0.2) is 13.2 Å². The van der Waals surface area contributed by atoms with Crippen molar-refractivity contribution in [2.24, 2.45) is 0 Å². The molecule has 0 atom stereocenters. The monoisotopic (exact) mass is 293 g/mol. The fraction of sp³-hybridized carbons (Fsp3) is 0.188. The largest absolute Gasteiger partial charge is 0.382 e. The van der Waals surface area contributed by atoms with Crippen molar-refractivity contribution < 1.29 is 18.0 Å². The normalized spacial score (nSPS) is 10.5. The molecule has 2 aromatic carbocycles. The van der Waals surface area contributed by atoms with Gasteiger partial charge in [0.2, 0.25) is 0 Å². The second-order valence-corrected chi connectivity index (χ2v) is 4.69. The number of rotatable bonds is 5. The topological polar surface area (TPSA) is 29.1 Å². The molecule has 0 bridgehead atoms. The number of Topliss-reactive ketones (excluding diaryl/α,β-unsaturated/α-hetero) is 1. The Balaban J connectivity index is 1.94. The van der Waals surface area contributed by atoms with Gasteiger partial charge in [-0.05, 0) is 19.1 Å².